The molecule has 0 aliphatic heterocycles. The zero-order chi connectivity index (χ0) is 15.9. The van der Waals surface area contributed by atoms with Crippen molar-refractivity contribution in [3.8, 4) is 11.1 Å². The lowest BCUT2D eigenvalue weighted by molar-refractivity contribution is -0.254. The standard InChI is InChI=1S/C17H17NO4/c19-11-5-10-18-16(20)14-8-3-1-6-12(14)13-7-2-4-9-15(13)17(21)22/h1-4,6-9,19H,5,10-11H2,(H,18,20)(H,21,22)/p-1. The maximum Gasteiger partial charge on any atom is 0.251 e. The van der Waals surface area contributed by atoms with E-state index in [2.05, 4.69) is 5.32 Å². The van der Waals surface area contributed by atoms with E-state index in [9.17, 15) is 14.7 Å². The van der Waals surface area contributed by atoms with Gasteiger partial charge in [0.15, 0.2) is 0 Å². The van der Waals surface area contributed by atoms with Crippen molar-refractivity contribution in [1.82, 2.24) is 5.32 Å². The quantitative estimate of drug-likeness (QED) is 0.773. The van der Waals surface area contributed by atoms with Crippen LogP contribution < -0.4 is 10.4 Å². The molecule has 0 spiro atoms. The second kappa shape index (κ2) is 7.38. The molecular formula is C17H16NO4-. The summed E-state index contributed by atoms with van der Waals surface area (Å²) < 4.78 is 0. The summed E-state index contributed by atoms with van der Waals surface area (Å²) in [6.07, 6.45) is 0.462. The number of carbonyl (C=O) groups is 2. The Bertz CT molecular complexity index is 682. The Kier molecular flexibility index (Phi) is 5.27. The third-order valence-electron chi connectivity index (χ3n) is 3.23. The topological polar surface area (TPSA) is 89.5 Å². The van der Waals surface area contributed by atoms with Gasteiger partial charge in [0.25, 0.3) is 5.91 Å². The molecule has 5 heteroatoms. The first-order chi connectivity index (χ1) is 10.6. The monoisotopic (exact) mass is 298 g/mol. The Labute approximate surface area is 128 Å². The maximum absolute atomic E-state index is 12.2. The summed E-state index contributed by atoms with van der Waals surface area (Å²) in [5.74, 6) is -1.59. The lowest BCUT2D eigenvalue weighted by atomic mass is 9.95. The van der Waals surface area contributed by atoms with Crippen LogP contribution in [0.5, 0.6) is 0 Å². The molecule has 22 heavy (non-hydrogen) atoms. The molecular weight excluding hydrogens is 282 g/mol. The molecule has 114 valence electrons. The van der Waals surface area contributed by atoms with Crippen molar-refractivity contribution >= 4 is 11.9 Å². The zero-order valence-electron chi connectivity index (χ0n) is 11.9. The number of nitrogens with one attached hydrogen (secondary N) is 1. The molecule has 0 saturated carbocycles. The van der Waals surface area contributed by atoms with E-state index in [1.807, 2.05) is 0 Å². The number of aliphatic hydroxyl groups excluding tert-OH is 1. The van der Waals surface area contributed by atoms with Gasteiger partial charge in [0.05, 0.1) is 5.97 Å². The molecule has 5 nitrogen and oxygen atoms in total. The Morgan fingerprint density at radius 3 is 2.09 bits per heavy atom. The second-order valence-electron chi connectivity index (χ2n) is 4.71. The van der Waals surface area contributed by atoms with Gasteiger partial charge in [0.1, 0.15) is 0 Å². The second-order valence-corrected chi connectivity index (χ2v) is 4.71. The number of hydrogen-bond donors (Lipinski definition) is 2. The van der Waals surface area contributed by atoms with Crippen LogP contribution in [-0.4, -0.2) is 30.1 Å². The lowest BCUT2D eigenvalue weighted by Crippen LogP contribution is -2.26. The number of aliphatic hydroxyl groups is 1. The number of benzene rings is 2. The van der Waals surface area contributed by atoms with Gasteiger partial charge in [-0.25, -0.2) is 0 Å². The van der Waals surface area contributed by atoms with Crippen LogP contribution in [0.1, 0.15) is 27.1 Å². The molecule has 0 aliphatic carbocycles. The van der Waals surface area contributed by atoms with Crippen LogP contribution in [0.3, 0.4) is 0 Å². The van der Waals surface area contributed by atoms with Crippen LogP contribution in [0.2, 0.25) is 0 Å². The molecule has 2 aromatic carbocycles. The minimum Gasteiger partial charge on any atom is -0.545 e. The Morgan fingerprint density at radius 2 is 1.50 bits per heavy atom. The summed E-state index contributed by atoms with van der Waals surface area (Å²) in [4.78, 5) is 23.5. The highest BCUT2D eigenvalue weighted by Gasteiger charge is 2.14. The summed E-state index contributed by atoms with van der Waals surface area (Å²) >= 11 is 0. The van der Waals surface area contributed by atoms with Gasteiger partial charge in [0.2, 0.25) is 0 Å². The predicted molar refractivity (Wildman–Crippen MR) is 80.2 cm³/mol. The van der Waals surface area contributed by atoms with Gasteiger partial charge in [-0.2, -0.15) is 0 Å². The molecule has 0 fully saturated rings. The van der Waals surface area contributed by atoms with Gasteiger partial charge in [-0.3, -0.25) is 4.79 Å². The van der Waals surface area contributed by atoms with Gasteiger partial charge in [-0.05, 0) is 23.6 Å². The maximum atomic E-state index is 12.2. The highest BCUT2D eigenvalue weighted by molar-refractivity contribution is 6.04. The molecule has 2 aromatic rings. The van der Waals surface area contributed by atoms with Crippen molar-refractivity contribution in [3.63, 3.8) is 0 Å². The summed E-state index contributed by atoms with van der Waals surface area (Å²) in [6.45, 7) is 0.348. The molecule has 0 aromatic heterocycles. The van der Waals surface area contributed by atoms with Crippen LogP contribution in [0.25, 0.3) is 11.1 Å². The van der Waals surface area contributed by atoms with Crippen molar-refractivity contribution in [3.05, 3.63) is 59.7 Å². The number of carboxylic acids is 1. The normalized spacial score (nSPS) is 10.2. The zero-order valence-corrected chi connectivity index (χ0v) is 11.9. The van der Waals surface area contributed by atoms with E-state index in [1.165, 1.54) is 6.07 Å². The van der Waals surface area contributed by atoms with Gasteiger partial charge >= 0.3 is 0 Å². The van der Waals surface area contributed by atoms with Gasteiger partial charge in [-0.1, -0.05) is 42.5 Å². The average Bonchev–Trinajstić information content (AvgIpc) is 2.55. The SMILES string of the molecule is O=C([O-])c1ccccc1-c1ccccc1C(=O)NCCCO. The minimum absolute atomic E-state index is 0.00452. The summed E-state index contributed by atoms with van der Waals surface area (Å²) in [7, 11) is 0. The van der Waals surface area contributed by atoms with Crippen LogP contribution >= 0.6 is 0 Å². The minimum atomic E-state index is -1.29. The van der Waals surface area contributed by atoms with Gasteiger partial charge in [-0.15, -0.1) is 0 Å². The van der Waals surface area contributed by atoms with E-state index >= 15 is 0 Å². The highest BCUT2D eigenvalue weighted by atomic mass is 16.4. The lowest BCUT2D eigenvalue weighted by Gasteiger charge is -2.14. The number of carbonyl (C=O) groups excluding carboxylic acids is 2. The van der Waals surface area contributed by atoms with E-state index in [4.69, 9.17) is 5.11 Å². The molecule has 0 aliphatic rings. The number of amides is 1. The highest BCUT2D eigenvalue weighted by Crippen LogP contribution is 2.26. The Morgan fingerprint density at radius 1 is 0.955 bits per heavy atom. The van der Waals surface area contributed by atoms with Crippen molar-refractivity contribution in [2.75, 3.05) is 13.2 Å². The first-order valence-corrected chi connectivity index (χ1v) is 6.94. The van der Waals surface area contributed by atoms with E-state index in [1.54, 1.807) is 42.5 Å². The molecule has 2 rings (SSSR count). The fraction of sp³-hybridized carbons (Fsp3) is 0.176. The van der Waals surface area contributed by atoms with Crippen molar-refractivity contribution < 1.29 is 19.8 Å². The smallest absolute Gasteiger partial charge is 0.251 e. The molecule has 1 amide bonds. The number of carboxylic acid groups (broad SMARTS) is 1. The fourth-order valence-electron chi connectivity index (χ4n) is 2.19. The van der Waals surface area contributed by atoms with Crippen LogP contribution in [-0.2, 0) is 0 Å². The molecule has 0 radical (unpaired) electrons. The molecule has 0 saturated heterocycles. The van der Waals surface area contributed by atoms with E-state index < -0.39 is 5.97 Å². The Balaban J connectivity index is 2.41. The summed E-state index contributed by atoms with van der Waals surface area (Å²) in [5.41, 5.74) is 1.39. The molecule has 0 bridgehead atoms. The van der Waals surface area contributed by atoms with Gasteiger partial charge in [0, 0.05) is 24.3 Å². The van der Waals surface area contributed by atoms with Crippen LogP contribution in [0.4, 0.5) is 0 Å². The van der Waals surface area contributed by atoms with E-state index in [-0.39, 0.29) is 18.1 Å². The summed E-state index contributed by atoms with van der Waals surface area (Å²) in [6, 6.07) is 13.2. The van der Waals surface area contributed by atoms with Gasteiger partial charge < -0.3 is 20.3 Å². The van der Waals surface area contributed by atoms with Crippen LogP contribution in [0.15, 0.2) is 48.5 Å². The van der Waals surface area contributed by atoms with Crippen molar-refractivity contribution in [2.45, 2.75) is 6.42 Å². The molecule has 0 heterocycles. The third kappa shape index (κ3) is 3.51. The van der Waals surface area contributed by atoms with Crippen molar-refractivity contribution in [2.24, 2.45) is 0 Å². The number of aromatic carboxylic acids is 1. The first kappa shape index (κ1) is 15.7. The van der Waals surface area contributed by atoms with Crippen molar-refractivity contribution in [1.29, 1.82) is 0 Å². The first-order valence-electron chi connectivity index (χ1n) is 6.94. The van der Waals surface area contributed by atoms with Crippen LogP contribution in [0, 0.1) is 0 Å². The predicted octanol–water partition coefficient (Wildman–Crippen LogP) is 0.829. The molecule has 2 N–H and O–H groups in total. The molecule has 0 unspecified atom stereocenters. The fourth-order valence-corrected chi connectivity index (χ4v) is 2.19. The number of rotatable bonds is 6. The number of hydrogen-bond acceptors (Lipinski definition) is 4. The Hall–Kier alpha value is -2.66. The summed E-state index contributed by atoms with van der Waals surface area (Å²) in [5, 5.41) is 22.7. The average molecular weight is 298 g/mol. The third-order valence-corrected chi connectivity index (χ3v) is 3.23. The molecule has 0 atom stereocenters. The largest absolute Gasteiger partial charge is 0.545 e. The van der Waals surface area contributed by atoms with E-state index in [0.717, 1.165) is 0 Å². The van der Waals surface area contributed by atoms with E-state index in [0.29, 0.717) is 29.7 Å².